The average Bonchev–Trinajstić information content (AvgIpc) is 2.28. The largest absolute Gasteiger partial charge is 0.481 e. The summed E-state index contributed by atoms with van der Waals surface area (Å²) in [6.45, 7) is 0. The van der Waals surface area contributed by atoms with E-state index in [9.17, 15) is 13.6 Å². The summed E-state index contributed by atoms with van der Waals surface area (Å²) in [5, 5.41) is 8.77. The van der Waals surface area contributed by atoms with Crippen LogP contribution in [0.2, 0.25) is 0 Å². The number of pyridine rings is 1. The molecule has 1 heterocycles. The molecule has 0 unspecified atom stereocenters. The summed E-state index contributed by atoms with van der Waals surface area (Å²) in [6, 6.07) is 6.73. The van der Waals surface area contributed by atoms with Gasteiger partial charge in [0.1, 0.15) is 5.82 Å². The number of hydrogen-bond acceptors (Lipinski definition) is 2. The van der Waals surface area contributed by atoms with Gasteiger partial charge in [0.2, 0.25) is 5.95 Å². The maximum absolute atomic E-state index is 13.7. The lowest BCUT2D eigenvalue weighted by molar-refractivity contribution is -0.136. The molecule has 0 bridgehead atoms. The molecular formula is C13H9F2NO2. The summed E-state index contributed by atoms with van der Waals surface area (Å²) >= 11 is 0. The minimum atomic E-state index is -1.08. The Bertz CT molecular complexity index is 599. The van der Waals surface area contributed by atoms with Gasteiger partial charge in [0.25, 0.3) is 0 Å². The fourth-order valence-electron chi connectivity index (χ4n) is 1.73. The molecule has 1 N–H and O–H groups in total. The maximum Gasteiger partial charge on any atom is 0.307 e. The SMILES string of the molecule is O=C(O)Cc1ccnc(F)c1-c1cccc(F)c1. The van der Waals surface area contributed by atoms with Gasteiger partial charge in [-0.1, -0.05) is 12.1 Å². The number of nitrogens with zero attached hydrogens (tertiary/aromatic N) is 1. The van der Waals surface area contributed by atoms with Crippen LogP contribution in [0, 0.1) is 11.8 Å². The number of carboxylic acid groups (broad SMARTS) is 1. The minimum Gasteiger partial charge on any atom is -0.481 e. The summed E-state index contributed by atoms with van der Waals surface area (Å²) in [5.41, 5.74) is 0.567. The molecule has 0 saturated carbocycles. The van der Waals surface area contributed by atoms with Gasteiger partial charge in [-0.3, -0.25) is 4.79 Å². The van der Waals surface area contributed by atoms with Gasteiger partial charge in [0, 0.05) is 11.8 Å². The third kappa shape index (κ3) is 2.51. The highest BCUT2D eigenvalue weighted by atomic mass is 19.1. The van der Waals surface area contributed by atoms with Crippen molar-refractivity contribution in [2.24, 2.45) is 0 Å². The van der Waals surface area contributed by atoms with Crippen molar-refractivity contribution in [1.29, 1.82) is 0 Å². The van der Waals surface area contributed by atoms with Crippen molar-refractivity contribution < 1.29 is 18.7 Å². The number of carboxylic acids is 1. The first-order chi connectivity index (χ1) is 8.58. The van der Waals surface area contributed by atoms with E-state index >= 15 is 0 Å². The molecule has 0 atom stereocenters. The number of rotatable bonds is 3. The second kappa shape index (κ2) is 4.91. The fourth-order valence-corrected chi connectivity index (χ4v) is 1.73. The van der Waals surface area contributed by atoms with E-state index in [4.69, 9.17) is 5.11 Å². The highest BCUT2D eigenvalue weighted by Gasteiger charge is 2.14. The standard InChI is InChI=1S/C13H9F2NO2/c14-10-3-1-2-8(6-10)12-9(7-11(17)18)4-5-16-13(12)15/h1-6H,7H2,(H,17,18). The van der Waals surface area contributed by atoms with E-state index < -0.39 is 17.7 Å². The van der Waals surface area contributed by atoms with E-state index in [-0.39, 0.29) is 23.1 Å². The minimum absolute atomic E-state index is 0.0272. The molecule has 0 spiro atoms. The first-order valence-corrected chi connectivity index (χ1v) is 5.19. The zero-order valence-electron chi connectivity index (χ0n) is 9.23. The summed E-state index contributed by atoms with van der Waals surface area (Å²) in [6.07, 6.45) is 0.849. The van der Waals surface area contributed by atoms with Gasteiger partial charge in [-0.25, -0.2) is 9.37 Å². The maximum atomic E-state index is 13.7. The summed E-state index contributed by atoms with van der Waals surface area (Å²) < 4.78 is 26.8. The first-order valence-electron chi connectivity index (χ1n) is 5.19. The summed E-state index contributed by atoms with van der Waals surface area (Å²) in [7, 11) is 0. The number of carbonyl (C=O) groups is 1. The number of halogens is 2. The van der Waals surface area contributed by atoms with E-state index in [1.807, 2.05) is 0 Å². The Balaban J connectivity index is 2.58. The number of aliphatic carboxylic acids is 1. The summed E-state index contributed by atoms with van der Waals surface area (Å²) in [4.78, 5) is 14.2. The van der Waals surface area contributed by atoms with Crippen LogP contribution in [0.3, 0.4) is 0 Å². The Morgan fingerprint density at radius 2 is 2.06 bits per heavy atom. The van der Waals surface area contributed by atoms with Crippen LogP contribution in [-0.2, 0) is 11.2 Å². The molecule has 0 aliphatic heterocycles. The van der Waals surface area contributed by atoms with E-state index in [0.717, 1.165) is 6.07 Å². The average molecular weight is 249 g/mol. The van der Waals surface area contributed by atoms with E-state index in [2.05, 4.69) is 4.98 Å². The first kappa shape index (κ1) is 12.2. The zero-order chi connectivity index (χ0) is 13.1. The van der Waals surface area contributed by atoms with Crippen LogP contribution in [-0.4, -0.2) is 16.1 Å². The highest BCUT2D eigenvalue weighted by Crippen LogP contribution is 2.26. The van der Waals surface area contributed by atoms with Crippen molar-refractivity contribution in [3.63, 3.8) is 0 Å². The molecule has 2 rings (SSSR count). The molecule has 3 nitrogen and oxygen atoms in total. The predicted molar refractivity (Wildman–Crippen MR) is 60.9 cm³/mol. The van der Waals surface area contributed by atoms with E-state index in [1.54, 1.807) is 0 Å². The van der Waals surface area contributed by atoms with Crippen molar-refractivity contribution in [2.75, 3.05) is 0 Å². The predicted octanol–water partition coefficient (Wildman–Crippen LogP) is 2.65. The molecular weight excluding hydrogens is 240 g/mol. The van der Waals surface area contributed by atoms with Crippen molar-refractivity contribution in [3.05, 3.63) is 53.9 Å². The molecule has 0 aliphatic rings. The Morgan fingerprint density at radius 1 is 1.28 bits per heavy atom. The van der Waals surface area contributed by atoms with Gasteiger partial charge < -0.3 is 5.11 Å². The van der Waals surface area contributed by atoms with Crippen LogP contribution in [0.1, 0.15) is 5.56 Å². The monoisotopic (exact) mass is 249 g/mol. The molecule has 1 aromatic heterocycles. The lowest BCUT2D eigenvalue weighted by Crippen LogP contribution is -2.04. The third-order valence-corrected chi connectivity index (χ3v) is 2.45. The van der Waals surface area contributed by atoms with Crippen LogP contribution in [0.25, 0.3) is 11.1 Å². The van der Waals surface area contributed by atoms with Crippen LogP contribution in [0.15, 0.2) is 36.5 Å². The van der Waals surface area contributed by atoms with Gasteiger partial charge >= 0.3 is 5.97 Å². The van der Waals surface area contributed by atoms with Gasteiger partial charge in [-0.2, -0.15) is 4.39 Å². The lowest BCUT2D eigenvalue weighted by atomic mass is 9.99. The van der Waals surface area contributed by atoms with Gasteiger partial charge in [0.15, 0.2) is 0 Å². The molecule has 92 valence electrons. The summed E-state index contributed by atoms with van der Waals surface area (Å²) in [5.74, 6) is -2.41. The van der Waals surface area contributed by atoms with Crippen LogP contribution < -0.4 is 0 Å². The van der Waals surface area contributed by atoms with Gasteiger partial charge in [0.05, 0.1) is 6.42 Å². The fraction of sp³-hybridized carbons (Fsp3) is 0.0769. The molecule has 0 fully saturated rings. The molecule has 5 heteroatoms. The number of benzene rings is 1. The molecule has 0 aliphatic carbocycles. The van der Waals surface area contributed by atoms with Crippen LogP contribution in [0.5, 0.6) is 0 Å². The van der Waals surface area contributed by atoms with E-state index in [0.29, 0.717) is 0 Å². The second-order valence-corrected chi connectivity index (χ2v) is 3.72. The number of aromatic nitrogens is 1. The molecule has 2 aromatic rings. The van der Waals surface area contributed by atoms with Crippen molar-refractivity contribution in [3.8, 4) is 11.1 Å². The molecule has 0 saturated heterocycles. The van der Waals surface area contributed by atoms with Crippen molar-refractivity contribution >= 4 is 5.97 Å². The molecule has 0 radical (unpaired) electrons. The van der Waals surface area contributed by atoms with E-state index in [1.165, 1.54) is 30.5 Å². The Hall–Kier alpha value is -2.30. The smallest absolute Gasteiger partial charge is 0.307 e. The van der Waals surface area contributed by atoms with Crippen molar-refractivity contribution in [1.82, 2.24) is 4.98 Å². The molecule has 0 amide bonds. The molecule has 1 aromatic carbocycles. The van der Waals surface area contributed by atoms with Crippen LogP contribution >= 0.6 is 0 Å². The quantitative estimate of drug-likeness (QED) is 0.851. The van der Waals surface area contributed by atoms with Gasteiger partial charge in [-0.05, 0) is 29.3 Å². The normalized spacial score (nSPS) is 10.3. The Kier molecular flexibility index (Phi) is 3.32. The Morgan fingerprint density at radius 3 is 2.72 bits per heavy atom. The number of hydrogen-bond donors (Lipinski definition) is 1. The third-order valence-electron chi connectivity index (χ3n) is 2.45. The van der Waals surface area contributed by atoms with Gasteiger partial charge in [-0.15, -0.1) is 0 Å². The highest BCUT2D eigenvalue weighted by molar-refractivity contribution is 5.76. The topological polar surface area (TPSA) is 50.2 Å². The molecule has 18 heavy (non-hydrogen) atoms. The lowest BCUT2D eigenvalue weighted by Gasteiger charge is -2.08. The van der Waals surface area contributed by atoms with Crippen molar-refractivity contribution in [2.45, 2.75) is 6.42 Å². The van der Waals surface area contributed by atoms with Crippen LogP contribution in [0.4, 0.5) is 8.78 Å². The second-order valence-electron chi connectivity index (χ2n) is 3.72. The Labute approximate surface area is 102 Å². The zero-order valence-corrected chi connectivity index (χ0v) is 9.23.